The summed E-state index contributed by atoms with van der Waals surface area (Å²) in [5.41, 5.74) is 8.69. The van der Waals surface area contributed by atoms with Gasteiger partial charge in [0.15, 0.2) is 0 Å². The molecule has 0 fully saturated rings. The summed E-state index contributed by atoms with van der Waals surface area (Å²) < 4.78 is 0. The second-order valence-corrected chi connectivity index (χ2v) is 13.6. The van der Waals surface area contributed by atoms with Gasteiger partial charge in [-0.05, 0) is 107 Å². The van der Waals surface area contributed by atoms with Crippen molar-refractivity contribution in [1.82, 2.24) is 0 Å². The fraction of sp³-hybridized carbons (Fsp3) is 0.590. The van der Waals surface area contributed by atoms with Gasteiger partial charge in [-0.2, -0.15) is 0 Å². The average Bonchev–Trinajstić information content (AvgIpc) is 2.90. The first-order chi connectivity index (χ1) is 18.7. The van der Waals surface area contributed by atoms with E-state index < -0.39 is 0 Å². The molecule has 3 aromatic carbocycles. The topological polar surface area (TPSA) is 0 Å². The molecule has 0 radical (unpaired) electrons. The van der Waals surface area contributed by atoms with Crippen LogP contribution in [0.25, 0.3) is 21.9 Å². The number of hydrogen-bond acceptors (Lipinski definition) is 0. The Morgan fingerprint density at radius 3 is 1.56 bits per heavy atom. The minimum Gasteiger partial charge on any atom is -0.0628 e. The summed E-state index contributed by atoms with van der Waals surface area (Å²) in [7, 11) is 0. The molecule has 0 amide bonds. The van der Waals surface area contributed by atoms with Crippen LogP contribution in [0.2, 0.25) is 0 Å². The Morgan fingerprint density at radius 1 is 0.538 bits per heavy atom. The molecule has 0 nitrogen and oxygen atoms in total. The lowest BCUT2D eigenvalue weighted by atomic mass is 9.86. The van der Waals surface area contributed by atoms with E-state index in [0.717, 1.165) is 30.1 Å². The predicted molar refractivity (Wildman–Crippen MR) is 176 cm³/mol. The quantitative estimate of drug-likeness (QED) is 0.174. The van der Waals surface area contributed by atoms with Crippen LogP contribution >= 0.6 is 0 Å². The zero-order chi connectivity index (χ0) is 28.4. The summed E-state index contributed by atoms with van der Waals surface area (Å²) >= 11 is 0. The maximum atomic E-state index is 2.53. The van der Waals surface area contributed by atoms with Crippen LogP contribution in [0.15, 0.2) is 48.5 Å². The number of fused-ring (bicyclic) bond motifs is 1. The Balaban J connectivity index is 1.92. The van der Waals surface area contributed by atoms with Gasteiger partial charge in [0.05, 0.1) is 0 Å². The number of hydrogen-bond donors (Lipinski definition) is 0. The first kappa shape index (κ1) is 31.4. The molecule has 39 heavy (non-hydrogen) atoms. The molecule has 0 saturated carbocycles. The molecule has 0 saturated heterocycles. The summed E-state index contributed by atoms with van der Waals surface area (Å²) in [5.74, 6) is 3.20. The van der Waals surface area contributed by atoms with Crippen LogP contribution in [0.1, 0.15) is 122 Å². The van der Waals surface area contributed by atoms with Crippen molar-refractivity contribution in [1.29, 1.82) is 0 Å². The summed E-state index contributed by atoms with van der Waals surface area (Å²) in [6.45, 7) is 18.8. The molecular weight excluding hydrogens is 468 g/mol. The highest BCUT2D eigenvalue weighted by Crippen LogP contribution is 2.34. The average molecular weight is 527 g/mol. The van der Waals surface area contributed by atoms with E-state index in [0.29, 0.717) is 0 Å². The third-order valence-corrected chi connectivity index (χ3v) is 8.86. The molecule has 0 heterocycles. The van der Waals surface area contributed by atoms with Gasteiger partial charge >= 0.3 is 0 Å². The second-order valence-electron chi connectivity index (χ2n) is 13.6. The molecule has 0 aromatic heterocycles. The normalized spacial score (nSPS) is 13.5. The van der Waals surface area contributed by atoms with Crippen molar-refractivity contribution in [3.63, 3.8) is 0 Å². The molecule has 0 aliphatic carbocycles. The fourth-order valence-corrected chi connectivity index (χ4v) is 6.05. The minimum atomic E-state index is 0.780. The van der Waals surface area contributed by atoms with Crippen LogP contribution in [0.4, 0.5) is 0 Å². The molecule has 0 spiro atoms. The third kappa shape index (κ3) is 10.1. The highest BCUT2D eigenvalue weighted by molar-refractivity contribution is 5.93. The SMILES string of the molecule is CCc1cc(CCC(C)CCCC(C)C)c2cc(-c3ccc(C)cc3)cc(CCC(C)CCCC(C)C)c2c1. The van der Waals surface area contributed by atoms with Gasteiger partial charge in [0.25, 0.3) is 0 Å². The van der Waals surface area contributed by atoms with Crippen molar-refractivity contribution in [2.75, 3.05) is 0 Å². The second kappa shape index (κ2) is 15.6. The van der Waals surface area contributed by atoms with E-state index in [4.69, 9.17) is 0 Å². The molecule has 214 valence electrons. The molecule has 0 aliphatic heterocycles. The van der Waals surface area contributed by atoms with E-state index in [1.165, 1.54) is 97.2 Å². The Bertz CT molecular complexity index is 1130. The molecule has 3 aromatic rings. The summed E-state index contributed by atoms with van der Waals surface area (Å²) in [4.78, 5) is 0. The lowest BCUT2D eigenvalue weighted by Gasteiger charge is -2.19. The Labute approximate surface area is 242 Å². The van der Waals surface area contributed by atoms with Gasteiger partial charge in [0, 0.05) is 0 Å². The van der Waals surface area contributed by atoms with Crippen LogP contribution in [0.3, 0.4) is 0 Å². The van der Waals surface area contributed by atoms with E-state index in [1.54, 1.807) is 11.1 Å². The lowest BCUT2D eigenvalue weighted by molar-refractivity contribution is 0.437. The summed E-state index contributed by atoms with van der Waals surface area (Å²) in [6, 6.07) is 19.2. The molecule has 2 atom stereocenters. The van der Waals surface area contributed by atoms with Crippen molar-refractivity contribution in [2.24, 2.45) is 23.7 Å². The van der Waals surface area contributed by atoms with Gasteiger partial charge in [-0.3, -0.25) is 0 Å². The number of benzene rings is 3. The highest BCUT2D eigenvalue weighted by atomic mass is 14.2. The Hall–Kier alpha value is -2.08. The zero-order valence-electron chi connectivity index (χ0n) is 26.7. The van der Waals surface area contributed by atoms with Gasteiger partial charge in [-0.15, -0.1) is 0 Å². The minimum absolute atomic E-state index is 0.780. The maximum Gasteiger partial charge on any atom is -0.0143 e. The van der Waals surface area contributed by atoms with Crippen LogP contribution in [0.5, 0.6) is 0 Å². The number of aryl methyl sites for hydroxylation is 4. The highest BCUT2D eigenvalue weighted by Gasteiger charge is 2.14. The van der Waals surface area contributed by atoms with E-state index >= 15 is 0 Å². The van der Waals surface area contributed by atoms with Crippen molar-refractivity contribution >= 4 is 10.8 Å². The van der Waals surface area contributed by atoms with Crippen molar-refractivity contribution in [3.05, 3.63) is 70.8 Å². The van der Waals surface area contributed by atoms with Crippen LogP contribution in [-0.4, -0.2) is 0 Å². The Kier molecular flexibility index (Phi) is 12.6. The van der Waals surface area contributed by atoms with E-state index in [1.807, 2.05) is 0 Å². The fourth-order valence-electron chi connectivity index (χ4n) is 6.05. The first-order valence-corrected chi connectivity index (χ1v) is 16.3. The Morgan fingerprint density at radius 2 is 1.05 bits per heavy atom. The predicted octanol–water partition coefficient (Wildman–Crippen LogP) is 12.2. The zero-order valence-corrected chi connectivity index (χ0v) is 26.7. The summed E-state index contributed by atoms with van der Waals surface area (Å²) in [6.07, 6.45) is 14.2. The molecule has 0 N–H and O–H groups in total. The maximum absolute atomic E-state index is 2.53. The smallest absolute Gasteiger partial charge is 0.0143 e. The lowest BCUT2D eigenvalue weighted by Crippen LogP contribution is -2.02. The first-order valence-electron chi connectivity index (χ1n) is 16.3. The van der Waals surface area contributed by atoms with Crippen LogP contribution in [0, 0.1) is 30.6 Å². The van der Waals surface area contributed by atoms with Gasteiger partial charge in [-0.1, -0.05) is 135 Å². The number of rotatable bonds is 16. The van der Waals surface area contributed by atoms with E-state index in [9.17, 15) is 0 Å². The molecule has 3 rings (SSSR count). The van der Waals surface area contributed by atoms with Gasteiger partial charge in [0.1, 0.15) is 0 Å². The standard InChI is InChI=1S/C39H58/c1-9-33-24-35(22-18-30(6)14-10-12-28(2)3)39-27-37(34-20-16-32(8)17-21-34)26-36(38(39)25-33)23-19-31(7)15-11-13-29(4)5/h16-17,20-21,24-31H,9-15,18-19,22-23H2,1-8H3. The molecule has 2 unspecified atom stereocenters. The third-order valence-electron chi connectivity index (χ3n) is 8.86. The van der Waals surface area contributed by atoms with Crippen molar-refractivity contribution in [3.8, 4) is 11.1 Å². The van der Waals surface area contributed by atoms with E-state index in [2.05, 4.69) is 104 Å². The van der Waals surface area contributed by atoms with Crippen LogP contribution < -0.4 is 0 Å². The van der Waals surface area contributed by atoms with Crippen molar-refractivity contribution < 1.29 is 0 Å². The van der Waals surface area contributed by atoms with Crippen molar-refractivity contribution in [2.45, 2.75) is 126 Å². The van der Waals surface area contributed by atoms with Gasteiger partial charge in [-0.25, -0.2) is 0 Å². The van der Waals surface area contributed by atoms with Gasteiger partial charge in [0.2, 0.25) is 0 Å². The van der Waals surface area contributed by atoms with Crippen LogP contribution in [-0.2, 0) is 19.3 Å². The monoisotopic (exact) mass is 526 g/mol. The van der Waals surface area contributed by atoms with E-state index in [-0.39, 0.29) is 0 Å². The molecular formula is C39H58. The molecule has 0 bridgehead atoms. The molecule has 0 heteroatoms. The molecule has 0 aliphatic rings. The summed E-state index contributed by atoms with van der Waals surface area (Å²) in [5, 5.41) is 3.02. The largest absolute Gasteiger partial charge is 0.0628 e. The van der Waals surface area contributed by atoms with Gasteiger partial charge < -0.3 is 0 Å².